The van der Waals surface area contributed by atoms with Crippen LogP contribution in [-0.2, 0) is 19.5 Å². The van der Waals surface area contributed by atoms with Crippen LogP contribution in [0.1, 0.15) is 0 Å². The van der Waals surface area contributed by atoms with Crippen molar-refractivity contribution in [2.45, 2.75) is 0 Å². The smallest absolute Gasteiger partial charge is 0.652 e. The standard InChI is InChI=1S/C7H5NS2.CH2O3.Zn/c9-7-8-5-3-1-2-4-6(5)10-7;2-1(3)4;/h1-4H,(H,8,9);(H2,2,3,4);/q;;+2/p-2. The van der Waals surface area contributed by atoms with Crippen molar-refractivity contribution in [1.29, 1.82) is 0 Å². The molecule has 2 rings (SSSR count). The van der Waals surface area contributed by atoms with E-state index in [1.165, 1.54) is 4.70 Å². The molecule has 0 radical (unpaired) electrons. The zero-order chi connectivity index (χ0) is 10.6. The van der Waals surface area contributed by atoms with Gasteiger partial charge in [0.05, 0.1) is 10.2 Å². The van der Waals surface area contributed by atoms with Crippen LogP contribution in [0.15, 0.2) is 24.3 Å². The van der Waals surface area contributed by atoms with Crippen molar-refractivity contribution in [2.24, 2.45) is 0 Å². The number of hydrogen-bond acceptors (Lipinski definition) is 5. The Morgan fingerprint density at radius 3 is 2.40 bits per heavy atom. The van der Waals surface area contributed by atoms with Gasteiger partial charge in [0, 0.05) is 0 Å². The van der Waals surface area contributed by atoms with Gasteiger partial charge in [-0.1, -0.05) is 12.1 Å². The van der Waals surface area contributed by atoms with Crippen LogP contribution in [0.25, 0.3) is 10.2 Å². The maximum Gasteiger partial charge on any atom is 2.00 e. The minimum Gasteiger partial charge on any atom is -0.652 e. The number of aromatic amines is 1. The van der Waals surface area contributed by atoms with Crippen LogP contribution in [0.5, 0.6) is 0 Å². The van der Waals surface area contributed by atoms with Gasteiger partial charge >= 0.3 is 19.5 Å². The summed E-state index contributed by atoms with van der Waals surface area (Å²) in [5.41, 5.74) is 1.14. The van der Waals surface area contributed by atoms with Crippen molar-refractivity contribution < 1.29 is 34.5 Å². The Labute approximate surface area is 107 Å². The second-order valence-corrected chi connectivity index (χ2v) is 3.98. The molecule has 1 aromatic carbocycles. The molecular weight excluding hydrogens is 288 g/mol. The Hall–Kier alpha value is -0.777. The second kappa shape index (κ2) is 6.66. The van der Waals surface area contributed by atoms with Gasteiger partial charge in [-0.25, -0.2) is 0 Å². The molecule has 0 atom stereocenters. The number of benzene rings is 1. The molecule has 0 spiro atoms. The van der Waals surface area contributed by atoms with Crippen LogP contribution in [0, 0.1) is 3.95 Å². The summed E-state index contributed by atoms with van der Waals surface area (Å²) in [6.07, 6.45) is -2.33. The summed E-state index contributed by atoms with van der Waals surface area (Å²) in [4.78, 5) is 11.4. The van der Waals surface area contributed by atoms with E-state index in [0.29, 0.717) is 0 Å². The normalized spacial score (nSPS) is 8.53. The SMILES string of the molecule is O=C([O-])[O-].S=c1[nH]c2ccccc2s1.[Zn+2]. The molecular formula is C8H5NO3S2Zn. The number of para-hydroxylation sites is 1. The molecule has 0 saturated carbocycles. The molecule has 0 aliphatic rings. The number of rotatable bonds is 0. The average molecular weight is 293 g/mol. The van der Waals surface area contributed by atoms with Gasteiger partial charge in [-0.15, -0.1) is 11.3 Å². The monoisotopic (exact) mass is 291 g/mol. The van der Waals surface area contributed by atoms with Crippen LogP contribution in [-0.4, -0.2) is 11.1 Å². The molecule has 4 nitrogen and oxygen atoms in total. The fraction of sp³-hybridized carbons (Fsp3) is 0. The summed E-state index contributed by atoms with van der Waals surface area (Å²) in [5, 5.41) is 16.7. The molecule has 1 aromatic heterocycles. The first-order chi connectivity index (χ1) is 6.59. The van der Waals surface area contributed by atoms with Gasteiger partial charge in [0.25, 0.3) is 0 Å². The molecule has 0 saturated heterocycles. The third-order valence-electron chi connectivity index (χ3n) is 1.33. The number of nitrogens with one attached hydrogen (secondary N) is 1. The van der Waals surface area contributed by atoms with Gasteiger partial charge in [-0.2, -0.15) is 0 Å². The number of thiazole rings is 1. The summed E-state index contributed by atoms with van der Waals surface area (Å²) in [5.74, 6) is 0. The molecule has 0 amide bonds. The molecule has 15 heavy (non-hydrogen) atoms. The van der Waals surface area contributed by atoms with Crippen molar-refractivity contribution in [3.63, 3.8) is 0 Å². The Morgan fingerprint density at radius 2 is 1.87 bits per heavy atom. The average Bonchev–Trinajstić information content (AvgIpc) is 2.42. The molecule has 7 heteroatoms. The van der Waals surface area contributed by atoms with Crippen molar-refractivity contribution in [3.8, 4) is 0 Å². The van der Waals surface area contributed by atoms with Gasteiger partial charge in [0.2, 0.25) is 0 Å². The van der Waals surface area contributed by atoms with E-state index in [1.54, 1.807) is 11.3 Å². The van der Waals surface area contributed by atoms with Crippen LogP contribution >= 0.6 is 23.6 Å². The van der Waals surface area contributed by atoms with Gasteiger partial charge in [0.15, 0.2) is 3.95 Å². The van der Waals surface area contributed by atoms with Gasteiger partial charge in [0.1, 0.15) is 0 Å². The Balaban J connectivity index is 0.000000346. The summed E-state index contributed by atoms with van der Waals surface area (Å²) in [6, 6.07) is 8.11. The van der Waals surface area contributed by atoms with E-state index in [4.69, 9.17) is 27.2 Å². The van der Waals surface area contributed by atoms with Crippen molar-refractivity contribution in [1.82, 2.24) is 4.98 Å². The molecule has 1 heterocycles. The third-order valence-corrected chi connectivity index (χ3v) is 2.54. The van der Waals surface area contributed by atoms with E-state index in [1.807, 2.05) is 18.2 Å². The molecule has 0 fully saturated rings. The first kappa shape index (κ1) is 14.2. The summed E-state index contributed by atoms with van der Waals surface area (Å²) in [6.45, 7) is 0. The summed E-state index contributed by atoms with van der Waals surface area (Å²) in [7, 11) is 0. The van der Waals surface area contributed by atoms with Crippen LogP contribution in [0.2, 0.25) is 0 Å². The van der Waals surface area contributed by atoms with Crippen LogP contribution in [0.4, 0.5) is 4.79 Å². The van der Waals surface area contributed by atoms with E-state index >= 15 is 0 Å². The van der Waals surface area contributed by atoms with E-state index in [0.717, 1.165) is 9.47 Å². The third kappa shape index (κ3) is 5.02. The molecule has 0 bridgehead atoms. The maximum absolute atomic E-state index is 8.33. The predicted molar refractivity (Wildman–Crippen MR) is 52.4 cm³/mol. The number of H-pyrrole nitrogens is 1. The number of fused-ring (bicyclic) bond motifs is 1. The summed E-state index contributed by atoms with van der Waals surface area (Å²) >= 11 is 6.59. The largest absolute Gasteiger partial charge is 2.00 e. The first-order valence-electron chi connectivity index (χ1n) is 3.55. The fourth-order valence-electron chi connectivity index (χ4n) is 0.894. The van der Waals surface area contributed by atoms with Gasteiger partial charge < -0.3 is 20.0 Å². The molecule has 0 aliphatic heterocycles. The minimum atomic E-state index is -2.33. The van der Waals surface area contributed by atoms with E-state index in [2.05, 4.69) is 11.1 Å². The zero-order valence-corrected chi connectivity index (χ0v) is 12.2. The number of carbonyl (C=O) groups is 1. The molecule has 1 N–H and O–H groups in total. The fourth-order valence-corrected chi connectivity index (χ4v) is 2.01. The minimum absolute atomic E-state index is 0. The van der Waals surface area contributed by atoms with Crippen molar-refractivity contribution in [3.05, 3.63) is 28.2 Å². The molecule has 2 aromatic rings. The topological polar surface area (TPSA) is 79.0 Å². The Morgan fingerprint density at radius 1 is 1.33 bits per heavy atom. The van der Waals surface area contributed by atoms with Crippen LogP contribution in [0.3, 0.4) is 0 Å². The van der Waals surface area contributed by atoms with E-state index in [9.17, 15) is 0 Å². The van der Waals surface area contributed by atoms with Gasteiger partial charge in [-0.05, 0) is 30.5 Å². The summed E-state index contributed by atoms with van der Waals surface area (Å²) < 4.78 is 2.08. The number of hydrogen-bond donors (Lipinski definition) is 1. The van der Waals surface area contributed by atoms with Crippen molar-refractivity contribution >= 4 is 39.9 Å². The number of carbonyl (C=O) groups excluding carboxylic acids is 1. The zero-order valence-electron chi connectivity index (χ0n) is 7.56. The van der Waals surface area contributed by atoms with Crippen LogP contribution < -0.4 is 10.2 Å². The second-order valence-electron chi connectivity index (χ2n) is 2.26. The molecule has 0 aliphatic carbocycles. The Bertz CT molecular complexity index is 454. The number of carboxylic acid groups (broad SMARTS) is 2. The van der Waals surface area contributed by atoms with Gasteiger partial charge in [-0.3, -0.25) is 0 Å². The van der Waals surface area contributed by atoms with E-state index < -0.39 is 6.16 Å². The molecule has 0 unspecified atom stereocenters. The van der Waals surface area contributed by atoms with Crippen molar-refractivity contribution in [2.75, 3.05) is 0 Å². The maximum atomic E-state index is 8.33. The van der Waals surface area contributed by atoms with E-state index in [-0.39, 0.29) is 19.5 Å². The predicted octanol–water partition coefficient (Wildman–Crippen LogP) is 0.509. The number of aromatic nitrogens is 1. The quantitative estimate of drug-likeness (QED) is 0.567. The Kier molecular flexibility index (Phi) is 6.32. The first-order valence-corrected chi connectivity index (χ1v) is 4.78. The molecule has 74 valence electrons.